The fourth-order valence-corrected chi connectivity index (χ4v) is 3.70. The van der Waals surface area contributed by atoms with Crippen molar-refractivity contribution in [2.24, 2.45) is 5.41 Å². The average Bonchev–Trinajstić information content (AvgIpc) is 2.78. The molecule has 0 saturated heterocycles. The monoisotopic (exact) mass is 357 g/mol. The minimum absolute atomic E-state index is 0.0169. The highest BCUT2D eigenvalue weighted by molar-refractivity contribution is 5.72. The molecule has 4 nitrogen and oxygen atoms in total. The topological polar surface area (TPSA) is 58.6 Å². The third-order valence-corrected chi connectivity index (χ3v) is 4.76. The van der Waals surface area contributed by atoms with E-state index in [4.69, 9.17) is 9.84 Å². The van der Waals surface area contributed by atoms with Crippen molar-refractivity contribution >= 4 is 6.09 Å². The van der Waals surface area contributed by atoms with E-state index in [2.05, 4.69) is 5.32 Å². The summed E-state index contributed by atoms with van der Waals surface area (Å²) in [5.41, 5.74) is 3.40. The predicted molar refractivity (Wildman–Crippen MR) is 99.0 cm³/mol. The molecule has 0 aliphatic heterocycles. The Bertz CT molecular complexity index is 845. The van der Waals surface area contributed by atoms with E-state index in [9.17, 15) is 9.18 Å². The summed E-state index contributed by atoms with van der Waals surface area (Å²) in [5, 5.41) is 11.8. The van der Waals surface area contributed by atoms with Gasteiger partial charge in [-0.1, -0.05) is 32.0 Å². The van der Waals surface area contributed by atoms with E-state index in [-0.39, 0.29) is 23.4 Å². The summed E-state index contributed by atoms with van der Waals surface area (Å²) in [4.78, 5) is 11.2. The maximum Gasteiger partial charge on any atom is 0.405 e. The van der Waals surface area contributed by atoms with Crippen LogP contribution in [0.4, 0.5) is 9.18 Å². The van der Waals surface area contributed by atoms with Crippen molar-refractivity contribution < 1.29 is 19.0 Å². The zero-order chi connectivity index (χ0) is 19.1. The number of hydrogen-bond donors (Lipinski definition) is 2. The van der Waals surface area contributed by atoms with Gasteiger partial charge in [-0.2, -0.15) is 0 Å². The van der Waals surface area contributed by atoms with Gasteiger partial charge in [-0.3, -0.25) is 0 Å². The number of ether oxygens (including phenoxy) is 1. The number of halogens is 1. The molecule has 1 amide bonds. The van der Waals surface area contributed by atoms with Crippen LogP contribution in [0.15, 0.2) is 36.4 Å². The van der Waals surface area contributed by atoms with Gasteiger partial charge in [-0.05, 0) is 60.6 Å². The maximum atomic E-state index is 13.8. The lowest BCUT2D eigenvalue weighted by Gasteiger charge is -2.27. The SMILES string of the molecule is CC(C)Oc1ccc(F)cc1-c1ccc2c(c1)CC(C)(C)C2NC(=O)O. The van der Waals surface area contributed by atoms with Crippen LogP contribution in [0.3, 0.4) is 0 Å². The van der Waals surface area contributed by atoms with E-state index in [0.717, 1.165) is 23.1 Å². The van der Waals surface area contributed by atoms with Gasteiger partial charge < -0.3 is 15.2 Å². The molecular formula is C21H24FNO3. The maximum absolute atomic E-state index is 13.8. The lowest BCUT2D eigenvalue weighted by atomic mass is 9.85. The molecule has 0 spiro atoms. The number of carbonyl (C=O) groups is 1. The third kappa shape index (κ3) is 3.52. The van der Waals surface area contributed by atoms with Gasteiger partial charge >= 0.3 is 6.09 Å². The quantitative estimate of drug-likeness (QED) is 0.793. The molecule has 0 fully saturated rings. The minimum atomic E-state index is -1.03. The summed E-state index contributed by atoms with van der Waals surface area (Å²) >= 11 is 0. The fourth-order valence-electron chi connectivity index (χ4n) is 3.70. The number of carboxylic acid groups (broad SMARTS) is 1. The summed E-state index contributed by atoms with van der Waals surface area (Å²) in [6.07, 6.45) is -0.300. The largest absolute Gasteiger partial charge is 0.490 e. The fraction of sp³-hybridized carbons (Fsp3) is 0.381. The minimum Gasteiger partial charge on any atom is -0.490 e. The van der Waals surface area contributed by atoms with E-state index >= 15 is 0 Å². The summed E-state index contributed by atoms with van der Waals surface area (Å²) < 4.78 is 19.7. The van der Waals surface area contributed by atoms with Crippen LogP contribution in [0, 0.1) is 11.2 Å². The molecule has 1 aliphatic rings. The van der Waals surface area contributed by atoms with Crippen molar-refractivity contribution in [2.45, 2.75) is 46.3 Å². The number of benzene rings is 2. The first-order valence-electron chi connectivity index (χ1n) is 8.76. The third-order valence-electron chi connectivity index (χ3n) is 4.76. The first-order valence-corrected chi connectivity index (χ1v) is 8.76. The Labute approximate surface area is 153 Å². The lowest BCUT2D eigenvalue weighted by Crippen LogP contribution is -2.34. The van der Waals surface area contributed by atoms with Gasteiger partial charge in [0.25, 0.3) is 0 Å². The van der Waals surface area contributed by atoms with E-state index in [1.807, 2.05) is 45.9 Å². The summed E-state index contributed by atoms with van der Waals surface area (Å²) in [7, 11) is 0. The van der Waals surface area contributed by atoms with Gasteiger partial charge in [0.15, 0.2) is 0 Å². The first kappa shape index (κ1) is 18.2. The second-order valence-electron chi connectivity index (χ2n) is 7.77. The molecule has 0 saturated carbocycles. The first-order chi connectivity index (χ1) is 12.2. The average molecular weight is 357 g/mol. The molecule has 5 heteroatoms. The molecule has 2 N–H and O–H groups in total. The molecule has 3 rings (SSSR count). The molecule has 0 radical (unpaired) electrons. The Morgan fingerprint density at radius 1 is 1.27 bits per heavy atom. The summed E-state index contributed by atoms with van der Waals surface area (Å²) in [6, 6.07) is 10.1. The zero-order valence-electron chi connectivity index (χ0n) is 15.5. The van der Waals surface area contributed by atoms with E-state index < -0.39 is 6.09 Å². The summed E-state index contributed by atoms with van der Waals surface area (Å²) in [5.74, 6) is 0.321. The number of hydrogen-bond acceptors (Lipinski definition) is 2. The second kappa shape index (κ2) is 6.63. The van der Waals surface area contributed by atoms with Crippen molar-refractivity contribution in [3.8, 4) is 16.9 Å². The van der Waals surface area contributed by atoms with Crippen molar-refractivity contribution in [1.82, 2.24) is 5.32 Å². The summed E-state index contributed by atoms with van der Waals surface area (Å²) in [6.45, 7) is 7.95. The Morgan fingerprint density at radius 2 is 2.00 bits per heavy atom. The Morgan fingerprint density at radius 3 is 2.65 bits per heavy atom. The Kier molecular flexibility index (Phi) is 4.65. The van der Waals surface area contributed by atoms with Gasteiger partial charge in [0, 0.05) is 5.56 Å². The van der Waals surface area contributed by atoms with Crippen LogP contribution in [0.5, 0.6) is 5.75 Å². The molecule has 1 atom stereocenters. The van der Waals surface area contributed by atoms with E-state index in [1.165, 1.54) is 12.1 Å². The van der Waals surface area contributed by atoms with Crippen LogP contribution in [-0.4, -0.2) is 17.3 Å². The standard InChI is InChI=1S/C21H24FNO3/c1-12(2)26-18-8-6-15(22)10-17(18)13-5-7-16-14(9-13)11-21(3,4)19(16)23-20(24)25/h5-10,12,19,23H,11H2,1-4H3,(H,24,25). The van der Waals surface area contributed by atoms with Gasteiger partial charge in [-0.25, -0.2) is 9.18 Å². The Balaban J connectivity index is 2.04. The number of amides is 1. The van der Waals surface area contributed by atoms with E-state index in [1.54, 1.807) is 6.07 Å². The molecule has 138 valence electrons. The highest BCUT2D eigenvalue weighted by atomic mass is 19.1. The highest BCUT2D eigenvalue weighted by Crippen LogP contribution is 2.46. The lowest BCUT2D eigenvalue weighted by molar-refractivity contribution is 0.175. The second-order valence-corrected chi connectivity index (χ2v) is 7.77. The van der Waals surface area contributed by atoms with Crippen LogP contribution in [0.1, 0.15) is 44.9 Å². The van der Waals surface area contributed by atoms with Crippen molar-refractivity contribution in [1.29, 1.82) is 0 Å². The van der Waals surface area contributed by atoms with Gasteiger partial charge in [0.05, 0.1) is 12.1 Å². The smallest absolute Gasteiger partial charge is 0.405 e. The van der Waals surface area contributed by atoms with Crippen molar-refractivity contribution in [2.75, 3.05) is 0 Å². The molecule has 1 unspecified atom stereocenters. The van der Waals surface area contributed by atoms with Crippen molar-refractivity contribution in [3.63, 3.8) is 0 Å². The highest BCUT2D eigenvalue weighted by Gasteiger charge is 2.40. The number of rotatable bonds is 4. The number of nitrogens with one attached hydrogen (secondary N) is 1. The van der Waals surface area contributed by atoms with Gasteiger partial charge in [-0.15, -0.1) is 0 Å². The number of fused-ring (bicyclic) bond motifs is 1. The predicted octanol–water partition coefficient (Wildman–Crippen LogP) is 5.17. The molecule has 26 heavy (non-hydrogen) atoms. The van der Waals surface area contributed by atoms with Crippen LogP contribution < -0.4 is 10.1 Å². The normalized spacial score (nSPS) is 17.8. The molecule has 2 aromatic carbocycles. The Hall–Kier alpha value is -2.56. The molecule has 0 aromatic heterocycles. The molecule has 2 aromatic rings. The van der Waals surface area contributed by atoms with Crippen molar-refractivity contribution in [3.05, 3.63) is 53.3 Å². The molecular weight excluding hydrogens is 333 g/mol. The van der Waals surface area contributed by atoms with Crippen LogP contribution in [-0.2, 0) is 6.42 Å². The molecule has 0 bridgehead atoms. The molecule has 0 heterocycles. The van der Waals surface area contributed by atoms with E-state index in [0.29, 0.717) is 11.3 Å². The van der Waals surface area contributed by atoms with Crippen LogP contribution in [0.2, 0.25) is 0 Å². The van der Waals surface area contributed by atoms with Crippen LogP contribution >= 0.6 is 0 Å². The molecule has 1 aliphatic carbocycles. The van der Waals surface area contributed by atoms with Crippen LogP contribution in [0.25, 0.3) is 11.1 Å². The van der Waals surface area contributed by atoms with Gasteiger partial charge in [0.2, 0.25) is 0 Å². The zero-order valence-corrected chi connectivity index (χ0v) is 15.5. The van der Waals surface area contributed by atoms with Gasteiger partial charge in [0.1, 0.15) is 11.6 Å².